The van der Waals surface area contributed by atoms with Gasteiger partial charge in [-0.1, -0.05) is 44.2 Å². The Kier molecular flexibility index (Phi) is 4.29. The number of nitrogens with one attached hydrogen (secondary N) is 1. The number of hydrogen-bond acceptors (Lipinski definition) is 4. The zero-order valence-electron chi connectivity index (χ0n) is 11.7. The van der Waals surface area contributed by atoms with Crippen LogP contribution >= 0.6 is 0 Å². The minimum atomic E-state index is -3.91. The Morgan fingerprint density at radius 1 is 1.10 bits per heavy atom. The van der Waals surface area contributed by atoms with Crippen LogP contribution in [-0.2, 0) is 14.8 Å². The first kappa shape index (κ1) is 15.5. The fraction of sp³-hybridized carbons (Fsp3) is 0.267. The van der Waals surface area contributed by atoms with Crippen LogP contribution in [0.5, 0.6) is 0 Å². The highest BCUT2D eigenvalue weighted by Gasteiger charge is 2.23. The van der Waals surface area contributed by atoms with Crippen LogP contribution in [0.1, 0.15) is 13.8 Å². The molecule has 0 bridgehead atoms. The van der Waals surface area contributed by atoms with Crippen LogP contribution in [0.15, 0.2) is 47.4 Å². The number of carboxylic acid groups (broad SMARTS) is 1. The van der Waals surface area contributed by atoms with E-state index in [1.807, 2.05) is 18.2 Å². The number of carbonyl (C=O) groups is 1. The van der Waals surface area contributed by atoms with Gasteiger partial charge >= 0.3 is 0 Å². The van der Waals surface area contributed by atoms with Crippen LogP contribution in [-0.4, -0.2) is 20.4 Å². The minimum Gasteiger partial charge on any atom is -0.548 e. The molecule has 0 saturated heterocycles. The molecule has 0 amide bonds. The van der Waals surface area contributed by atoms with Crippen LogP contribution in [0.2, 0.25) is 0 Å². The fourth-order valence-corrected chi connectivity index (χ4v) is 3.39. The Morgan fingerprint density at radius 2 is 1.71 bits per heavy atom. The van der Waals surface area contributed by atoms with Crippen molar-refractivity contribution in [2.75, 3.05) is 0 Å². The van der Waals surface area contributed by atoms with Gasteiger partial charge in [0.05, 0.1) is 16.9 Å². The molecule has 1 unspecified atom stereocenters. The van der Waals surface area contributed by atoms with E-state index in [-0.39, 0.29) is 4.90 Å². The lowest BCUT2D eigenvalue weighted by atomic mass is 10.1. The standard InChI is InChI=1S/C15H17NO4S/c1-10(2)14(15(17)18)16-21(19,20)13-8-7-11-5-3-4-6-12(11)9-13/h3-10,14,16H,1-2H3,(H,17,18)/p-1. The second kappa shape index (κ2) is 5.83. The first-order chi connectivity index (χ1) is 9.81. The number of hydrogen-bond donors (Lipinski definition) is 1. The zero-order valence-corrected chi connectivity index (χ0v) is 12.6. The largest absolute Gasteiger partial charge is 0.548 e. The molecule has 0 radical (unpaired) electrons. The maximum absolute atomic E-state index is 12.3. The number of sulfonamides is 1. The molecular weight excluding hydrogens is 290 g/mol. The van der Waals surface area contributed by atoms with Crippen molar-refractivity contribution in [2.24, 2.45) is 5.92 Å². The predicted octanol–water partition coefficient (Wildman–Crippen LogP) is 0.893. The van der Waals surface area contributed by atoms with Gasteiger partial charge in [-0.05, 0) is 28.8 Å². The van der Waals surface area contributed by atoms with Crippen molar-refractivity contribution >= 4 is 26.8 Å². The van der Waals surface area contributed by atoms with E-state index in [9.17, 15) is 18.3 Å². The summed E-state index contributed by atoms with van der Waals surface area (Å²) in [7, 11) is -3.91. The molecule has 2 rings (SSSR count). The van der Waals surface area contributed by atoms with E-state index in [1.54, 1.807) is 26.0 Å². The van der Waals surface area contributed by atoms with Crippen molar-refractivity contribution < 1.29 is 18.3 Å². The van der Waals surface area contributed by atoms with Gasteiger partial charge in [0, 0.05) is 0 Å². The molecule has 0 fully saturated rings. The van der Waals surface area contributed by atoms with Crippen LogP contribution in [0, 0.1) is 5.92 Å². The van der Waals surface area contributed by atoms with E-state index >= 15 is 0 Å². The summed E-state index contributed by atoms with van der Waals surface area (Å²) in [6.45, 7) is 3.23. The summed E-state index contributed by atoms with van der Waals surface area (Å²) >= 11 is 0. The quantitative estimate of drug-likeness (QED) is 0.889. The second-order valence-electron chi connectivity index (χ2n) is 5.17. The van der Waals surface area contributed by atoms with Crippen molar-refractivity contribution in [3.63, 3.8) is 0 Å². The third-order valence-electron chi connectivity index (χ3n) is 3.23. The molecule has 0 aliphatic carbocycles. The number of benzene rings is 2. The fourth-order valence-electron chi connectivity index (χ4n) is 2.03. The van der Waals surface area contributed by atoms with E-state index in [2.05, 4.69) is 4.72 Å². The molecule has 0 aromatic heterocycles. The van der Waals surface area contributed by atoms with Crippen molar-refractivity contribution in [3.8, 4) is 0 Å². The molecule has 5 nitrogen and oxygen atoms in total. The molecular formula is C15H16NO4S-. The molecule has 0 aliphatic rings. The second-order valence-corrected chi connectivity index (χ2v) is 6.88. The summed E-state index contributed by atoms with van der Waals surface area (Å²) in [5.74, 6) is -1.85. The van der Waals surface area contributed by atoms with Crippen molar-refractivity contribution in [1.82, 2.24) is 4.72 Å². The lowest BCUT2D eigenvalue weighted by Crippen LogP contribution is -2.50. The molecule has 0 heterocycles. The van der Waals surface area contributed by atoms with E-state index in [1.165, 1.54) is 12.1 Å². The number of fused-ring (bicyclic) bond motifs is 1. The van der Waals surface area contributed by atoms with Crippen LogP contribution < -0.4 is 9.83 Å². The Balaban J connectivity index is 2.39. The molecule has 0 spiro atoms. The van der Waals surface area contributed by atoms with Gasteiger partial charge in [0.15, 0.2) is 0 Å². The molecule has 21 heavy (non-hydrogen) atoms. The Hall–Kier alpha value is -1.92. The van der Waals surface area contributed by atoms with Crippen molar-refractivity contribution in [3.05, 3.63) is 42.5 Å². The molecule has 6 heteroatoms. The molecule has 112 valence electrons. The molecule has 2 aromatic carbocycles. The first-order valence-corrected chi connectivity index (χ1v) is 8.01. The number of carboxylic acids is 1. The predicted molar refractivity (Wildman–Crippen MR) is 77.9 cm³/mol. The maximum Gasteiger partial charge on any atom is 0.241 e. The van der Waals surface area contributed by atoms with E-state index < -0.39 is 28.0 Å². The van der Waals surface area contributed by atoms with Crippen LogP contribution in [0.25, 0.3) is 10.8 Å². The lowest BCUT2D eigenvalue weighted by molar-refractivity contribution is -0.309. The van der Waals surface area contributed by atoms with E-state index in [0.29, 0.717) is 0 Å². The average Bonchev–Trinajstić information content (AvgIpc) is 2.43. The summed E-state index contributed by atoms with van der Waals surface area (Å²) in [6, 6.07) is 10.7. The maximum atomic E-state index is 12.3. The van der Waals surface area contributed by atoms with Crippen LogP contribution in [0.4, 0.5) is 0 Å². The topological polar surface area (TPSA) is 86.3 Å². The van der Waals surface area contributed by atoms with Gasteiger partial charge in [-0.3, -0.25) is 0 Å². The minimum absolute atomic E-state index is 0.0353. The number of aliphatic carboxylic acids is 1. The summed E-state index contributed by atoms with van der Waals surface area (Å²) in [5, 5.41) is 12.7. The SMILES string of the molecule is CC(C)C(NS(=O)(=O)c1ccc2ccccc2c1)C(=O)[O-]. The molecule has 1 N–H and O–H groups in total. The van der Waals surface area contributed by atoms with Crippen molar-refractivity contribution in [2.45, 2.75) is 24.8 Å². The highest BCUT2D eigenvalue weighted by atomic mass is 32.2. The lowest BCUT2D eigenvalue weighted by Gasteiger charge is -2.23. The summed E-state index contributed by atoms with van der Waals surface area (Å²) < 4.78 is 26.8. The molecule has 0 saturated carbocycles. The van der Waals surface area contributed by atoms with Gasteiger partial charge < -0.3 is 9.90 Å². The van der Waals surface area contributed by atoms with E-state index in [4.69, 9.17) is 0 Å². The monoisotopic (exact) mass is 306 g/mol. The van der Waals surface area contributed by atoms with Gasteiger partial charge in [-0.2, -0.15) is 0 Å². The normalized spacial score (nSPS) is 13.5. The zero-order chi connectivity index (χ0) is 15.6. The molecule has 2 aromatic rings. The van der Waals surface area contributed by atoms with Crippen LogP contribution in [0.3, 0.4) is 0 Å². The van der Waals surface area contributed by atoms with Crippen molar-refractivity contribution in [1.29, 1.82) is 0 Å². The van der Waals surface area contributed by atoms with E-state index in [0.717, 1.165) is 10.8 Å². The Morgan fingerprint density at radius 3 is 2.29 bits per heavy atom. The third kappa shape index (κ3) is 3.40. The highest BCUT2D eigenvalue weighted by molar-refractivity contribution is 7.89. The third-order valence-corrected chi connectivity index (χ3v) is 4.67. The number of carbonyl (C=O) groups excluding carboxylic acids is 1. The van der Waals surface area contributed by atoms with Gasteiger partial charge in [-0.25, -0.2) is 13.1 Å². The molecule has 0 aliphatic heterocycles. The summed E-state index contributed by atoms with van der Waals surface area (Å²) in [4.78, 5) is 11.1. The highest BCUT2D eigenvalue weighted by Crippen LogP contribution is 2.19. The Labute approximate surface area is 123 Å². The Bertz CT molecular complexity index is 768. The molecule has 1 atom stereocenters. The van der Waals surface area contributed by atoms with Gasteiger partial charge in [0.25, 0.3) is 0 Å². The number of rotatable bonds is 5. The van der Waals surface area contributed by atoms with Gasteiger partial charge in [0.2, 0.25) is 10.0 Å². The van der Waals surface area contributed by atoms with Gasteiger partial charge in [0.1, 0.15) is 0 Å². The summed E-state index contributed by atoms with van der Waals surface area (Å²) in [5.41, 5.74) is 0. The van der Waals surface area contributed by atoms with Gasteiger partial charge in [-0.15, -0.1) is 0 Å². The smallest absolute Gasteiger partial charge is 0.241 e. The summed E-state index contributed by atoms with van der Waals surface area (Å²) in [6.07, 6.45) is 0. The first-order valence-electron chi connectivity index (χ1n) is 6.53. The average molecular weight is 306 g/mol.